The number of nitrogens with zero attached hydrogens (tertiary/aromatic N) is 3. The number of amides is 1. The highest BCUT2D eigenvalue weighted by atomic mass is 32.1. The Hall–Kier alpha value is -2.99. The van der Waals surface area contributed by atoms with Gasteiger partial charge in [0.1, 0.15) is 0 Å². The number of hydrogen-bond acceptors (Lipinski definition) is 4. The number of fused-ring (bicyclic) bond motifs is 1. The molecule has 0 bridgehead atoms. The van der Waals surface area contributed by atoms with E-state index in [2.05, 4.69) is 41.4 Å². The molecular weight excluding hydrogens is 380 g/mol. The summed E-state index contributed by atoms with van der Waals surface area (Å²) in [6.07, 6.45) is 8.43. The van der Waals surface area contributed by atoms with Crippen molar-refractivity contribution < 1.29 is 4.79 Å². The minimum atomic E-state index is -0.00969. The van der Waals surface area contributed by atoms with Gasteiger partial charge in [0, 0.05) is 30.4 Å². The Kier molecular flexibility index (Phi) is 5.71. The normalized spacial score (nSPS) is 11.3. The molecule has 3 aromatic heterocycles. The number of aromatic nitrogens is 3. The van der Waals surface area contributed by atoms with Crippen LogP contribution >= 0.6 is 11.3 Å². The standard InChI is InChI=1S/C23H24N4OS/c1-3-19(4-2)26-23(28)21-11-18(15-29-21)20-13-25-27-14-17(12-24-22(20)27)10-16-8-6-5-7-9-16/h5-9,11-15,19H,3-4,10H2,1-2H3,(H,26,28). The molecule has 29 heavy (non-hydrogen) atoms. The average Bonchev–Trinajstić information content (AvgIpc) is 3.39. The molecule has 0 saturated carbocycles. The first-order chi connectivity index (χ1) is 14.2. The van der Waals surface area contributed by atoms with E-state index in [-0.39, 0.29) is 11.9 Å². The third-order valence-corrected chi connectivity index (χ3v) is 6.05. The summed E-state index contributed by atoms with van der Waals surface area (Å²) in [4.78, 5) is 17.9. The molecule has 1 N–H and O–H groups in total. The molecule has 0 unspecified atom stereocenters. The lowest BCUT2D eigenvalue weighted by Gasteiger charge is -2.13. The largest absolute Gasteiger partial charge is 0.349 e. The van der Waals surface area contributed by atoms with Gasteiger partial charge < -0.3 is 5.32 Å². The first-order valence-corrected chi connectivity index (χ1v) is 10.8. The van der Waals surface area contributed by atoms with E-state index in [4.69, 9.17) is 0 Å². The molecule has 1 aromatic carbocycles. The van der Waals surface area contributed by atoms with Gasteiger partial charge in [-0.15, -0.1) is 11.3 Å². The summed E-state index contributed by atoms with van der Waals surface area (Å²) in [7, 11) is 0. The van der Waals surface area contributed by atoms with E-state index in [1.807, 2.05) is 52.8 Å². The molecule has 1 amide bonds. The first-order valence-electron chi connectivity index (χ1n) is 9.93. The highest BCUT2D eigenvalue weighted by Crippen LogP contribution is 2.28. The zero-order valence-corrected chi connectivity index (χ0v) is 17.4. The van der Waals surface area contributed by atoms with E-state index in [0.29, 0.717) is 4.88 Å². The Labute approximate surface area is 174 Å². The second kappa shape index (κ2) is 8.57. The van der Waals surface area contributed by atoms with E-state index in [1.165, 1.54) is 16.9 Å². The van der Waals surface area contributed by atoms with Gasteiger partial charge in [0.15, 0.2) is 5.65 Å². The molecule has 0 saturated heterocycles. The van der Waals surface area contributed by atoms with Crippen LogP contribution in [0.15, 0.2) is 60.4 Å². The van der Waals surface area contributed by atoms with E-state index in [9.17, 15) is 4.79 Å². The summed E-state index contributed by atoms with van der Waals surface area (Å²) in [6, 6.07) is 12.5. The number of carbonyl (C=O) groups excluding carboxylic acids is 1. The van der Waals surface area contributed by atoms with Crippen molar-refractivity contribution in [2.24, 2.45) is 0 Å². The summed E-state index contributed by atoms with van der Waals surface area (Å²) in [5.74, 6) is -0.00969. The van der Waals surface area contributed by atoms with E-state index in [0.717, 1.165) is 41.6 Å². The molecule has 0 atom stereocenters. The van der Waals surface area contributed by atoms with Crippen LogP contribution in [-0.4, -0.2) is 26.5 Å². The molecule has 0 aliphatic heterocycles. The summed E-state index contributed by atoms with van der Waals surface area (Å²) in [6.45, 7) is 4.18. The van der Waals surface area contributed by atoms with Gasteiger partial charge in [0.25, 0.3) is 5.91 Å². The van der Waals surface area contributed by atoms with Crippen LogP contribution < -0.4 is 5.32 Å². The van der Waals surface area contributed by atoms with E-state index in [1.54, 1.807) is 0 Å². The number of nitrogens with one attached hydrogen (secondary N) is 1. The third-order valence-electron chi connectivity index (χ3n) is 5.12. The highest BCUT2D eigenvalue weighted by molar-refractivity contribution is 7.12. The number of hydrogen-bond donors (Lipinski definition) is 1. The summed E-state index contributed by atoms with van der Waals surface area (Å²) in [5, 5.41) is 9.58. The van der Waals surface area contributed by atoms with Crippen LogP contribution in [-0.2, 0) is 6.42 Å². The Morgan fingerprint density at radius 2 is 1.93 bits per heavy atom. The van der Waals surface area contributed by atoms with Crippen molar-refractivity contribution in [1.29, 1.82) is 0 Å². The maximum absolute atomic E-state index is 12.5. The lowest BCUT2D eigenvalue weighted by molar-refractivity contribution is 0.0939. The summed E-state index contributed by atoms with van der Waals surface area (Å²) in [5.41, 5.74) is 5.06. The van der Waals surface area contributed by atoms with E-state index >= 15 is 0 Å². The molecule has 0 fully saturated rings. The minimum Gasteiger partial charge on any atom is -0.349 e. The fourth-order valence-corrected chi connectivity index (χ4v) is 4.20. The molecule has 0 aliphatic carbocycles. The van der Waals surface area contributed by atoms with Crippen LogP contribution in [0.1, 0.15) is 47.5 Å². The first kappa shape index (κ1) is 19.3. The van der Waals surface area contributed by atoms with Crippen LogP contribution in [0.5, 0.6) is 0 Å². The van der Waals surface area contributed by atoms with Crippen molar-refractivity contribution in [3.05, 3.63) is 76.4 Å². The van der Waals surface area contributed by atoms with Gasteiger partial charge in [-0.3, -0.25) is 4.79 Å². The maximum Gasteiger partial charge on any atom is 0.261 e. The summed E-state index contributed by atoms with van der Waals surface area (Å²) >= 11 is 1.46. The third kappa shape index (κ3) is 4.22. The van der Waals surface area contributed by atoms with Gasteiger partial charge >= 0.3 is 0 Å². The van der Waals surface area contributed by atoms with Crippen molar-refractivity contribution in [2.45, 2.75) is 39.2 Å². The van der Waals surface area contributed by atoms with Crippen molar-refractivity contribution in [2.75, 3.05) is 0 Å². The predicted octanol–water partition coefficient (Wildman–Crippen LogP) is 4.97. The topological polar surface area (TPSA) is 59.3 Å². The van der Waals surface area contributed by atoms with Gasteiger partial charge in [-0.25, -0.2) is 9.50 Å². The van der Waals surface area contributed by atoms with Crippen molar-refractivity contribution >= 4 is 22.9 Å². The zero-order valence-electron chi connectivity index (χ0n) is 16.6. The average molecular weight is 405 g/mol. The minimum absolute atomic E-state index is 0.00969. The Morgan fingerprint density at radius 1 is 1.14 bits per heavy atom. The van der Waals surface area contributed by atoms with Crippen molar-refractivity contribution in [3.8, 4) is 11.1 Å². The maximum atomic E-state index is 12.5. The van der Waals surface area contributed by atoms with Crippen molar-refractivity contribution in [3.63, 3.8) is 0 Å². The van der Waals surface area contributed by atoms with Gasteiger partial charge in [0.05, 0.1) is 11.1 Å². The van der Waals surface area contributed by atoms with Crippen LogP contribution in [0.3, 0.4) is 0 Å². The van der Waals surface area contributed by atoms with Crippen LogP contribution in [0, 0.1) is 0 Å². The number of carbonyl (C=O) groups is 1. The molecule has 4 aromatic rings. The molecule has 148 valence electrons. The van der Waals surface area contributed by atoms with E-state index < -0.39 is 0 Å². The highest BCUT2D eigenvalue weighted by Gasteiger charge is 2.16. The second-order valence-corrected chi connectivity index (χ2v) is 8.05. The molecule has 5 nitrogen and oxygen atoms in total. The second-order valence-electron chi connectivity index (χ2n) is 7.14. The smallest absolute Gasteiger partial charge is 0.261 e. The molecule has 3 heterocycles. The monoisotopic (exact) mass is 404 g/mol. The fourth-order valence-electron chi connectivity index (χ4n) is 3.39. The quantitative estimate of drug-likeness (QED) is 0.473. The van der Waals surface area contributed by atoms with Gasteiger partial charge in [-0.1, -0.05) is 44.2 Å². The van der Waals surface area contributed by atoms with Crippen LogP contribution in [0.4, 0.5) is 0 Å². The van der Waals surface area contributed by atoms with Gasteiger partial charge in [0.2, 0.25) is 0 Å². The van der Waals surface area contributed by atoms with Crippen LogP contribution in [0.2, 0.25) is 0 Å². The Bertz CT molecular complexity index is 1110. The molecule has 4 rings (SSSR count). The van der Waals surface area contributed by atoms with Crippen LogP contribution in [0.25, 0.3) is 16.8 Å². The lowest BCUT2D eigenvalue weighted by Crippen LogP contribution is -2.33. The molecule has 0 aliphatic rings. The zero-order chi connectivity index (χ0) is 20.2. The SMILES string of the molecule is CCC(CC)NC(=O)c1cc(-c2cnn3cc(Cc4ccccc4)cnc23)cs1. The molecular formula is C23H24N4OS. The predicted molar refractivity (Wildman–Crippen MR) is 117 cm³/mol. The number of rotatable bonds is 7. The lowest BCUT2D eigenvalue weighted by atomic mass is 10.1. The van der Waals surface area contributed by atoms with Gasteiger partial charge in [-0.2, -0.15) is 5.10 Å². The Balaban J connectivity index is 1.56. The Morgan fingerprint density at radius 3 is 2.69 bits per heavy atom. The fraction of sp³-hybridized carbons (Fsp3) is 0.261. The molecule has 6 heteroatoms. The van der Waals surface area contributed by atoms with Gasteiger partial charge in [-0.05, 0) is 41.0 Å². The van der Waals surface area contributed by atoms with Crippen molar-refractivity contribution in [1.82, 2.24) is 19.9 Å². The summed E-state index contributed by atoms with van der Waals surface area (Å²) < 4.78 is 1.81. The molecule has 0 spiro atoms. The number of thiophene rings is 1. The molecule has 0 radical (unpaired) electrons. The number of benzene rings is 1.